The van der Waals surface area contributed by atoms with Crippen molar-refractivity contribution in [2.75, 3.05) is 0 Å². The Morgan fingerprint density at radius 2 is 1.56 bits per heavy atom. The van der Waals surface area contributed by atoms with Gasteiger partial charge in [0.25, 0.3) is 0 Å². The number of benzene rings is 4. The molecule has 0 bridgehead atoms. The third-order valence-corrected chi connectivity index (χ3v) is 10.2. The fourth-order valence-electron chi connectivity index (χ4n) is 6.05. The molecule has 0 saturated heterocycles. The van der Waals surface area contributed by atoms with Crippen molar-refractivity contribution in [3.05, 3.63) is 137 Å². The Hall–Kier alpha value is -4.22. The number of nitrogens with zero attached hydrogens (tertiary/aromatic N) is 2. The summed E-state index contributed by atoms with van der Waals surface area (Å²) < 4.78 is 65.3. The van der Waals surface area contributed by atoms with Crippen molar-refractivity contribution in [1.82, 2.24) is 9.97 Å². The summed E-state index contributed by atoms with van der Waals surface area (Å²) in [4.78, 5) is 8.98. The van der Waals surface area contributed by atoms with Crippen molar-refractivity contribution in [2.45, 2.75) is 54.1 Å². The van der Waals surface area contributed by atoms with Gasteiger partial charge in [-0.05, 0) is 84.7 Å². The first-order chi connectivity index (χ1) is 24.8. The minimum Gasteiger partial charge on any atom is -0.500 e. The van der Waals surface area contributed by atoms with Crippen molar-refractivity contribution in [3.8, 4) is 33.6 Å². The number of fused-ring (bicyclic) bond motifs is 3. The maximum atomic E-state index is 13.7. The van der Waals surface area contributed by atoms with Crippen molar-refractivity contribution >= 4 is 35.2 Å². The van der Waals surface area contributed by atoms with Crippen molar-refractivity contribution < 1.29 is 37.1 Å². The van der Waals surface area contributed by atoms with Gasteiger partial charge in [-0.3, -0.25) is 0 Å². The molecule has 3 heterocycles. The maximum Gasteiger partial charge on any atom is 0.126 e. The zero-order valence-corrected chi connectivity index (χ0v) is 31.1. The smallest absolute Gasteiger partial charge is 0.126 e. The first-order valence-electron chi connectivity index (χ1n) is 18.4. The van der Waals surface area contributed by atoms with Crippen LogP contribution in [-0.2, 0) is 20.1 Å². The molecule has 0 atom stereocenters. The summed E-state index contributed by atoms with van der Waals surface area (Å²) >= 11 is 0. The van der Waals surface area contributed by atoms with E-state index < -0.39 is 21.8 Å². The fourth-order valence-corrected chi connectivity index (χ4v) is 7.38. The van der Waals surface area contributed by atoms with E-state index in [1.165, 1.54) is 46.5 Å². The van der Waals surface area contributed by atoms with Gasteiger partial charge in [0.1, 0.15) is 11.4 Å². The molecule has 4 aromatic carbocycles. The van der Waals surface area contributed by atoms with Crippen molar-refractivity contribution in [2.24, 2.45) is 0 Å². The van der Waals surface area contributed by atoms with Gasteiger partial charge in [0.15, 0.2) is 0 Å². The Morgan fingerprint density at radius 3 is 2.25 bits per heavy atom. The summed E-state index contributed by atoms with van der Waals surface area (Å²) in [5.74, 6) is -0.312. The van der Waals surface area contributed by atoms with Crippen LogP contribution in [0.3, 0.4) is 0 Å². The van der Waals surface area contributed by atoms with Crippen LogP contribution in [0.25, 0.3) is 55.6 Å². The number of pyridine rings is 2. The molecule has 0 aliphatic rings. The second-order valence-corrected chi connectivity index (χ2v) is 17.9. The van der Waals surface area contributed by atoms with Crippen LogP contribution in [0.4, 0.5) is 4.39 Å². The molecule has 1 radical (unpaired) electrons. The van der Waals surface area contributed by atoms with Crippen LogP contribution in [0.15, 0.2) is 95.7 Å². The summed E-state index contributed by atoms with van der Waals surface area (Å²) in [5, 5.41) is 2.63. The molecule has 0 spiro atoms. The molecule has 48 heavy (non-hydrogen) atoms. The van der Waals surface area contributed by atoms with Crippen LogP contribution in [0.1, 0.15) is 36.0 Å². The van der Waals surface area contributed by atoms with Crippen molar-refractivity contribution in [1.29, 1.82) is 0 Å². The zero-order chi connectivity index (χ0) is 38.5. The van der Waals surface area contributed by atoms with Crippen LogP contribution in [-0.4, -0.2) is 18.0 Å². The van der Waals surface area contributed by atoms with E-state index >= 15 is 0 Å². The minimum absolute atomic E-state index is 0. The van der Waals surface area contributed by atoms with E-state index in [1.807, 2.05) is 24.4 Å². The van der Waals surface area contributed by atoms with Crippen LogP contribution in [0.2, 0.25) is 19.6 Å². The number of hydrogen-bond acceptors (Lipinski definition) is 3. The van der Waals surface area contributed by atoms with Gasteiger partial charge in [-0.1, -0.05) is 72.8 Å². The Balaban J connectivity index is 0.000000208. The van der Waals surface area contributed by atoms with Gasteiger partial charge in [-0.2, -0.15) is 0 Å². The molecule has 3 aromatic heterocycles. The largest absolute Gasteiger partial charge is 0.500 e. The van der Waals surface area contributed by atoms with E-state index in [1.54, 1.807) is 24.4 Å². The summed E-state index contributed by atoms with van der Waals surface area (Å²) in [7, 11) is -1.85. The summed E-state index contributed by atoms with van der Waals surface area (Å²) in [6.07, 6.45) is 3.47. The second kappa shape index (κ2) is 14.1. The fraction of sp³-hybridized carbons (Fsp3) is 0.190. The topological polar surface area (TPSA) is 38.9 Å². The molecule has 3 nitrogen and oxygen atoms in total. The summed E-state index contributed by atoms with van der Waals surface area (Å²) in [6, 6.07) is 29.2. The van der Waals surface area contributed by atoms with E-state index in [0.717, 1.165) is 32.8 Å². The van der Waals surface area contributed by atoms with Crippen LogP contribution in [0.5, 0.6) is 0 Å². The normalized spacial score (nSPS) is 13.6. The number of aromatic nitrogens is 2. The molecule has 7 rings (SSSR count). The number of aryl methyl sites for hydroxylation is 5. The van der Waals surface area contributed by atoms with Gasteiger partial charge in [0, 0.05) is 52.2 Å². The standard InChI is InChI=1S/C26H19FNO.C16H20NSi.Ir/c1-15-11-16(2)25(17(3)12-15)18-9-10-28-23(13-18)22-6-4-5-21-20-8-7-19(27)14-24(20)29-26(21)22;1-12-6-8-14(9-7-12)15-10-13(2)16(11-17-15)18(3,4)5;/h4-5,7-14H,1-3H3;6-8,10-11H,1-5H3;/q2*-1;/i;1D3,2D3;. The Kier molecular flexibility index (Phi) is 8.13. The molecule has 0 N–H and O–H groups in total. The van der Waals surface area contributed by atoms with Crippen LogP contribution < -0.4 is 5.19 Å². The molecule has 245 valence electrons. The Bertz CT molecular complexity index is 2450. The predicted octanol–water partition coefficient (Wildman–Crippen LogP) is 10.9. The molecule has 0 unspecified atom stereocenters. The van der Waals surface area contributed by atoms with E-state index in [2.05, 4.69) is 80.7 Å². The minimum atomic E-state index is -2.22. The van der Waals surface area contributed by atoms with Crippen LogP contribution >= 0.6 is 0 Å². The second-order valence-electron chi connectivity index (χ2n) is 12.9. The van der Waals surface area contributed by atoms with E-state index in [0.29, 0.717) is 28.0 Å². The number of rotatable bonds is 4. The molecular weight excluding hydrogens is 788 g/mol. The molecule has 0 fully saturated rings. The average molecular weight is 833 g/mol. The zero-order valence-electron chi connectivity index (χ0n) is 33.7. The van der Waals surface area contributed by atoms with E-state index in [-0.39, 0.29) is 31.5 Å². The monoisotopic (exact) mass is 833 g/mol. The van der Waals surface area contributed by atoms with Gasteiger partial charge in [0.05, 0.1) is 13.7 Å². The third-order valence-electron chi connectivity index (χ3n) is 8.18. The summed E-state index contributed by atoms with van der Waals surface area (Å²) in [5.41, 5.74) is 10.4. The number of hydrogen-bond donors (Lipinski definition) is 0. The van der Waals surface area contributed by atoms with Crippen molar-refractivity contribution in [3.63, 3.8) is 0 Å². The molecule has 6 heteroatoms. The van der Waals surface area contributed by atoms with Gasteiger partial charge < -0.3 is 14.4 Å². The molecular formula is C42H39FIrN2OSi-2. The van der Waals surface area contributed by atoms with E-state index in [4.69, 9.17) is 12.6 Å². The summed E-state index contributed by atoms with van der Waals surface area (Å²) in [6.45, 7) is 8.22. The van der Waals surface area contributed by atoms with E-state index in [9.17, 15) is 4.39 Å². The first-order valence-corrected chi connectivity index (χ1v) is 18.9. The van der Waals surface area contributed by atoms with Gasteiger partial charge in [-0.25, -0.2) is 4.39 Å². The maximum absolute atomic E-state index is 13.7. The third kappa shape index (κ3) is 7.27. The quantitative estimate of drug-likeness (QED) is 0.131. The van der Waals surface area contributed by atoms with Crippen LogP contribution in [0, 0.1) is 52.4 Å². The molecule has 0 aliphatic carbocycles. The Morgan fingerprint density at radius 1 is 0.771 bits per heavy atom. The molecule has 0 aliphatic heterocycles. The van der Waals surface area contributed by atoms with Gasteiger partial charge >= 0.3 is 0 Å². The average Bonchev–Trinajstić information content (AvgIpc) is 3.45. The van der Waals surface area contributed by atoms with Gasteiger partial charge in [-0.15, -0.1) is 53.6 Å². The molecule has 0 saturated carbocycles. The molecule has 7 aromatic rings. The Labute approximate surface area is 306 Å². The molecule has 0 amide bonds. The predicted molar refractivity (Wildman–Crippen MR) is 196 cm³/mol. The van der Waals surface area contributed by atoms with Gasteiger partial charge in [0.2, 0.25) is 0 Å². The SMILES string of the molecule is Cc1cc(C)c(-c2ccnc(-c3[c-]ccc4c3oc3cc(F)ccc34)c2)c(C)c1.[2H]C([2H])([2H])c1c[c-]c(-c2cc(C([2H])([2H])[2H])c([Si](C)(C)C)cn2)cc1.[Ir]. The number of furan rings is 1. The number of halogens is 1. The first kappa shape index (κ1) is 27.7.